The van der Waals surface area contributed by atoms with Crippen molar-refractivity contribution in [2.45, 2.75) is 51.7 Å². The second-order valence-corrected chi connectivity index (χ2v) is 4.80. The van der Waals surface area contributed by atoms with Crippen LogP contribution >= 0.6 is 0 Å². The van der Waals surface area contributed by atoms with E-state index in [0.717, 1.165) is 12.8 Å². The number of carboxylic acids is 1. The molecular formula is C13H27NO4. The van der Waals surface area contributed by atoms with Crippen molar-refractivity contribution in [3.8, 4) is 0 Å². The van der Waals surface area contributed by atoms with E-state index in [9.17, 15) is 9.90 Å². The van der Waals surface area contributed by atoms with Gasteiger partial charge in [0.25, 0.3) is 0 Å². The van der Waals surface area contributed by atoms with Gasteiger partial charge in [-0.3, -0.25) is 4.79 Å². The van der Waals surface area contributed by atoms with Gasteiger partial charge in [-0.2, -0.15) is 0 Å². The minimum Gasteiger partial charge on any atom is -0.480 e. The van der Waals surface area contributed by atoms with Crippen molar-refractivity contribution >= 4 is 5.97 Å². The molecule has 0 saturated carbocycles. The molecule has 18 heavy (non-hydrogen) atoms. The van der Waals surface area contributed by atoms with E-state index in [2.05, 4.69) is 5.32 Å². The molecule has 2 atom stereocenters. The van der Waals surface area contributed by atoms with Gasteiger partial charge in [-0.25, -0.2) is 0 Å². The van der Waals surface area contributed by atoms with E-state index in [0.29, 0.717) is 26.2 Å². The van der Waals surface area contributed by atoms with E-state index in [1.54, 1.807) is 14.0 Å². The van der Waals surface area contributed by atoms with E-state index < -0.39 is 11.5 Å². The van der Waals surface area contributed by atoms with Crippen molar-refractivity contribution in [3.05, 3.63) is 0 Å². The first kappa shape index (κ1) is 17.4. The number of carbonyl (C=O) groups is 1. The molecule has 0 amide bonds. The number of nitrogens with one attached hydrogen (secondary N) is 1. The Balaban J connectivity index is 4.10. The molecule has 0 aliphatic heterocycles. The van der Waals surface area contributed by atoms with Crippen LogP contribution in [0, 0.1) is 0 Å². The standard InChI is InChI=1S/C13H27NO4/c1-5-7-14-13(3,12(15)16)10-11(2)18-9-6-8-17-4/h11,14H,5-10H2,1-4H3,(H,15,16). The van der Waals surface area contributed by atoms with Gasteiger partial charge >= 0.3 is 5.97 Å². The van der Waals surface area contributed by atoms with Crippen LogP contribution in [0.1, 0.15) is 40.0 Å². The Kier molecular flexibility index (Phi) is 8.97. The molecule has 0 aromatic heterocycles. The molecule has 2 unspecified atom stereocenters. The van der Waals surface area contributed by atoms with E-state index in [4.69, 9.17) is 9.47 Å². The van der Waals surface area contributed by atoms with Crippen molar-refractivity contribution < 1.29 is 19.4 Å². The third-order valence-electron chi connectivity index (χ3n) is 2.83. The van der Waals surface area contributed by atoms with Gasteiger partial charge in [0.1, 0.15) is 5.54 Å². The molecule has 0 bridgehead atoms. The summed E-state index contributed by atoms with van der Waals surface area (Å²) in [7, 11) is 1.65. The zero-order valence-corrected chi connectivity index (χ0v) is 12.0. The Morgan fingerprint density at radius 2 is 2.11 bits per heavy atom. The van der Waals surface area contributed by atoms with Gasteiger partial charge in [0.2, 0.25) is 0 Å². The van der Waals surface area contributed by atoms with Gasteiger partial charge in [-0.05, 0) is 33.2 Å². The number of methoxy groups -OCH3 is 1. The summed E-state index contributed by atoms with van der Waals surface area (Å²) >= 11 is 0. The number of hydrogen-bond donors (Lipinski definition) is 2. The lowest BCUT2D eigenvalue weighted by atomic mass is 9.94. The zero-order valence-electron chi connectivity index (χ0n) is 12.0. The summed E-state index contributed by atoms with van der Waals surface area (Å²) < 4.78 is 10.5. The van der Waals surface area contributed by atoms with Crippen molar-refractivity contribution in [2.24, 2.45) is 0 Å². The third kappa shape index (κ3) is 6.93. The molecular weight excluding hydrogens is 234 g/mol. The summed E-state index contributed by atoms with van der Waals surface area (Å²) in [6.07, 6.45) is 2.10. The maximum absolute atomic E-state index is 11.3. The van der Waals surface area contributed by atoms with Gasteiger partial charge in [-0.15, -0.1) is 0 Å². The lowest BCUT2D eigenvalue weighted by molar-refractivity contribution is -0.146. The molecule has 0 aromatic rings. The Morgan fingerprint density at radius 3 is 2.61 bits per heavy atom. The van der Waals surface area contributed by atoms with Crippen molar-refractivity contribution in [2.75, 3.05) is 26.9 Å². The number of aliphatic carboxylic acids is 1. The first-order valence-corrected chi connectivity index (χ1v) is 6.55. The van der Waals surface area contributed by atoms with Crippen LogP contribution in [0.4, 0.5) is 0 Å². The average molecular weight is 261 g/mol. The van der Waals surface area contributed by atoms with Gasteiger partial charge in [0.05, 0.1) is 6.10 Å². The highest BCUT2D eigenvalue weighted by atomic mass is 16.5. The van der Waals surface area contributed by atoms with E-state index in [1.165, 1.54) is 0 Å². The highest BCUT2D eigenvalue weighted by Gasteiger charge is 2.34. The molecule has 0 aromatic carbocycles. The minimum atomic E-state index is -0.920. The minimum absolute atomic E-state index is 0.0905. The molecule has 108 valence electrons. The second-order valence-electron chi connectivity index (χ2n) is 4.80. The topological polar surface area (TPSA) is 67.8 Å². The van der Waals surface area contributed by atoms with Gasteiger partial charge in [-0.1, -0.05) is 6.92 Å². The highest BCUT2D eigenvalue weighted by molar-refractivity contribution is 5.78. The fraction of sp³-hybridized carbons (Fsp3) is 0.923. The van der Waals surface area contributed by atoms with Crippen LogP contribution in [-0.4, -0.2) is 49.6 Å². The smallest absolute Gasteiger partial charge is 0.323 e. The first-order chi connectivity index (χ1) is 8.46. The Hall–Kier alpha value is -0.650. The monoisotopic (exact) mass is 261 g/mol. The normalized spacial score (nSPS) is 16.2. The maximum atomic E-state index is 11.3. The molecule has 5 nitrogen and oxygen atoms in total. The highest BCUT2D eigenvalue weighted by Crippen LogP contribution is 2.15. The number of ether oxygens (including phenoxy) is 2. The molecule has 2 N–H and O–H groups in total. The van der Waals surface area contributed by atoms with Gasteiger partial charge in [0, 0.05) is 26.7 Å². The van der Waals surface area contributed by atoms with Crippen LogP contribution in [0.15, 0.2) is 0 Å². The molecule has 0 aliphatic rings. The number of rotatable bonds is 11. The van der Waals surface area contributed by atoms with Crippen LogP contribution in [0.25, 0.3) is 0 Å². The lowest BCUT2D eigenvalue weighted by Gasteiger charge is -2.29. The van der Waals surface area contributed by atoms with Crippen molar-refractivity contribution in [3.63, 3.8) is 0 Å². The fourth-order valence-electron chi connectivity index (χ4n) is 1.76. The zero-order chi connectivity index (χ0) is 14.0. The number of hydrogen-bond acceptors (Lipinski definition) is 4. The molecule has 0 rings (SSSR count). The molecule has 0 saturated heterocycles. The first-order valence-electron chi connectivity index (χ1n) is 6.55. The Bertz CT molecular complexity index is 235. The Labute approximate surface area is 110 Å². The SMILES string of the molecule is CCCNC(C)(CC(C)OCCCOC)C(=O)O. The van der Waals surface area contributed by atoms with E-state index in [1.807, 2.05) is 13.8 Å². The molecule has 0 fully saturated rings. The third-order valence-corrected chi connectivity index (χ3v) is 2.83. The summed E-state index contributed by atoms with van der Waals surface area (Å²) in [5.41, 5.74) is -0.920. The molecule has 0 heterocycles. The summed E-state index contributed by atoms with van der Waals surface area (Å²) in [5.74, 6) is -0.830. The number of carboxylic acid groups (broad SMARTS) is 1. The van der Waals surface area contributed by atoms with E-state index in [-0.39, 0.29) is 6.10 Å². The summed E-state index contributed by atoms with van der Waals surface area (Å²) in [6, 6.07) is 0. The molecule has 0 radical (unpaired) electrons. The molecule has 5 heteroatoms. The van der Waals surface area contributed by atoms with Crippen LogP contribution in [0.5, 0.6) is 0 Å². The quantitative estimate of drug-likeness (QED) is 0.554. The van der Waals surface area contributed by atoms with E-state index >= 15 is 0 Å². The van der Waals surface area contributed by atoms with Crippen LogP contribution < -0.4 is 5.32 Å². The summed E-state index contributed by atoms with van der Waals surface area (Å²) in [6.45, 7) is 7.58. The maximum Gasteiger partial charge on any atom is 0.323 e. The fourth-order valence-corrected chi connectivity index (χ4v) is 1.76. The van der Waals surface area contributed by atoms with Crippen LogP contribution in [0.2, 0.25) is 0 Å². The average Bonchev–Trinajstić information content (AvgIpc) is 2.32. The largest absolute Gasteiger partial charge is 0.480 e. The molecule has 0 aliphatic carbocycles. The predicted octanol–water partition coefficient (Wildman–Crippen LogP) is 1.66. The molecule has 0 spiro atoms. The lowest BCUT2D eigenvalue weighted by Crippen LogP contribution is -2.51. The van der Waals surface area contributed by atoms with Gasteiger partial charge < -0.3 is 19.9 Å². The summed E-state index contributed by atoms with van der Waals surface area (Å²) in [5, 5.41) is 12.4. The summed E-state index contributed by atoms with van der Waals surface area (Å²) in [4.78, 5) is 11.3. The Morgan fingerprint density at radius 1 is 1.44 bits per heavy atom. The second kappa shape index (κ2) is 9.30. The van der Waals surface area contributed by atoms with Crippen LogP contribution in [-0.2, 0) is 14.3 Å². The van der Waals surface area contributed by atoms with Crippen molar-refractivity contribution in [1.29, 1.82) is 0 Å². The van der Waals surface area contributed by atoms with Crippen molar-refractivity contribution in [1.82, 2.24) is 5.32 Å². The van der Waals surface area contributed by atoms with Gasteiger partial charge in [0.15, 0.2) is 0 Å². The predicted molar refractivity (Wildman–Crippen MR) is 70.9 cm³/mol. The van der Waals surface area contributed by atoms with Crippen LogP contribution in [0.3, 0.4) is 0 Å².